The monoisotopic (exact) mass is 513 g/mol. The summed E-state index contributed by atoms with van der Waals surface area (Å²) in [4.78, 5) is 28.4. The molecule has 1 amide bonds. The van der Waals surface area contributed by atoms with Crippen molar-refractivity contribution in [3.8, 4) is 11.5 Å². The SMILES string of the molecule is CCCOc1ccc(/C(O)=C2/C(=O)C(=O)N(c3ccc(C(C)C)cc3)C2c2ccc(OCC)cc2)cc1C. The zero-order valence-corrected chi connectivity index (χ0v) is 22.7. The lowest BCUT2D eigenvalue weighted by Crippen LogP contribution is -2.29. The van der Waals surface area contributed by atoms with E-state index < -0.39 is 17.7 Å². The van der Waals surface area contributed by atoms with Crippen LogP contribution in [0.3, 0.4) is 0 Å². The molecule has 0 saturated carbocycles. The van der Waals surface area contributed by atoms with Gasteiger partial charge in [-0.15, -0.1) is 0 Å². The van der Waals surface area contributed by atoms with Gasteiger partial charge in [0.25, 0.3) is 11.7 Å². The van der Waals surface area contributed by atoms with Crippen LogP contribution >= 0.6 is 0 Å². The Hall–Kier alpha value is -4.06. The predicted molar refractivity (Wildman–Crippen MR) is 150 cm³/mol. The highest BCUT2D eigenvalue weighted by Gasteiger charge is 2.47. The van der Waals surface area contributed by atoms with Gasteiger partial charge in [-0.3, -0.25) is 14.5 Å². The average molecular weight is 514 g/mol. The number of amides is 1. The molecule has 0 bridgehead atoms. The molecular weight excluding hydrogens is 478 g/mol. The minimum absolute atomic E-state index is 0.0497. The Morgan fingerprint density at radius 2 is 1.63 bits per heavy atom. The Morgan fingerprint density at radius 1 is 0.947 bits per heavy atom. The van der Waals surface area contributed by atoms with E-state index in [9.17, 15) is 14.7 Å². The van der Waals surface area contributed by atoms with Gasteiger partial charge in [-0.1, -0.05) is 45.0 Å². The number of ketones is 1. The van der Waals surface area contributed by atoms with Gasteiger partial charge in [0.05, 0.1) is 24.8 Å². The van der Waals surface area contributed by atoms with Crippen LogP contribution in [-0.2, 0) is 9.59 Å². The van der Waals surface area contributed by atoms with E-state index in [-0.39, 0.29) is 11.3 Å². The number of aliphatic hydroxyl groups excluding tert-OH is 1. The number of ether oxygens (including phenoxy) is 2. The maximum Gasteiger partial charge on any atom is 0.300 e. The maximum absolute atomic E-state index is 13.5. The fourth-order valence-corrected chi connectivity index (χ4v) is 4.67. The summed E-state index contributed by atoms with van der Waals surface area (Å²) in [5.41, 5.74) is 3.75. The highest BCUT2D eigenvalue weighted by molar-refractivity contribution is 6.51. The summed E-state index contributed by atoms with van der Waals surface area (Å²) < 4.78 is 11.4. The molecule has 6 heteroatoms. The van der Waals surface area contributed by atoms with E-state index in [4.69, 9.17) is 9.47 Å². The van der Waals surface area contributed by atoms with E-state index in [1.165, 1.54) is 4.90 Å². The first kappa shape index (κ1) is 27.0. The molecule has 1 unspecified atom stereocenters. The van der Waals surface area contributed by atoms with Crippen molar-refractivity contribution in [2.24, 2.45) is 0 Å². The summed E-state index contributed by atoms with van der Waals surface area (Å²) >= 11 is 0. The summed E-state index contributed by atoms with van der Waals surface area (Å²) in [5.74, 6) is 0.119. The molecule has 38 heavy (non-hydrogen) atoms. The average Bonchev–Trinajstić information content (AvgIpc) is 3.18. The van der Waals surface area contributed by atoms with Crippen LogP contribution in [0.5, 0.6) is 11.5 Å². The first-order valence-corrected chi connectivity index (χ1v) is 13.1. The molecule has 0 aromatic heterocycles. The van der Waals surface area contributed by atoms with Gasteiger partial charge in [-0.05, 0) is 85.3 Å². The first-order chi connectivity index (χ1) is 18.3. The number of nitrogens with zero attached hydrogens (tertiary/aromatic N) is 1. The topological polar surface area (TPSA) is 76.1 Å². The number of Topliss-reactive ketones (excluding diaryl/α,β-unsaturated/α-hetero) is 1. The summed E-state index contributed by atoms with van der Waals surface area (Å²) in [6.45, 7) is 11.1. The Kier molecular flexibility index (Phi) is 8.20. The van der Waals surface area contributed by atoms with E-state index in [0.29, 0.717) is 41.7 Å². The van der Waals surface area contributed by atoms with Crippen LogP contribution in [0.2, 0.25) is 0 Å². The van der Waals surface area contributed by atoms with E-state index >= 15 is 0 Å². The van der Waals surface area contributed by atoms with Gasteiger partial charge in [0.2, 0.25) is 0 Å². The largest absolute Gasteiger partial charge is 0.507 e. The normalized spacial score (nSPS) is 16.8. The van der Waals surface area contributed by atoms with Crippen molar-refractivity contribution in [1.82, 2.24) is 0 Å². The quantitative estimate of drug-likeness (QED) is 0.191. The second-order valence-electron chi connectivity index (χ2n) is 9.75. The lowest BCUT2D eigenvalue weighted by Gasteiger charge is -2.26. The zero-order chi connectivity index (χ0) is 27.4. The van der Waals surface area contributed by atoms with Crippen LogP contribution in [0.1, 0.15) is 68.3 Å². The van der Waals surface area contributed by atoms with Crippen molar-refractivity contribution >= 4 is 23.1 Å². The van der Waals surface area contributed by atoms with Crippen LogP contribution in [0.4, 0.5) is 5.69 Å². The fraction of sp³-hybridized carbons (Fsp3) is 0.312. The Morgan fingerprint density at radius 3 is 2.21 bits per heavy atom. The Balaban J connectivity index is 1.84. The van der Waals surface area contributed by atoms with Crippen molar-refractivity contribution < 1.29 is 24.2 Å². The minimum atomic E-state index is -0.799. The number of hydrogen-bond donors (Lipinski definition) is 1. The second-order valence-corrected chi connectivity index (χ2v) is 9.75. The van der Waals surface area contributed by atoms with Crippen molar-refractivity contribution in [3.05, 3.63) is 94.6 Å². The minimum Gasteiger partial charge on any atom is -0.507 e. The fourth-order valence-electron chi connectivity index (χ4n) is 4.67. The molecule has 1 heterocycles. The number of aliphatic hydroxyl groups is 1. The van der Waals surface area contributed by atoms with Gasteiger partial charge in [0, 0.05) is 11.3 Å². The maximum atomic E-state index is 13.5. The summed E-state index contributed by atoms with van der Waals surface area (Å²) in [6, 6.07) is 19.4. The van der Waals surface area contributed by atoms with Gasteiger partial charge in [-0.2, -0.15) is 0 Å². The molecule has 6 nitrogen and oxygen atoms in total. The van der Waals surface area contributed by atoms with Crippen LogP contribution in [0.15, 0.2) is 72.3 Å². The smallest absolute Gasteiger partial charge is 0.300 e. The molecule has 0 spiro atoms. The molecule has 1 fully saturated rings. The highest BCUT2D eigenvalue weighted by atomic mass is 16.5. The van der Waals surface area contributed by atoms with Gasteiger partial charge in [0.15, 0.2) is 0 Å². The van der Waals surface area contributed by atoms with E-state index in [1.54, 1.807) is 18.2 Å². The molecule has 1 N–H and O–H groups in total. The van der Waals surface area contributed by atoms with Crippen molar-refractivity contribution in [2.45, 2.75) is 53.0 Å². The third kappa shape index (κ3) is 5.30. The molecule has 3 aromatic carbocycles. The molecule has 0 aliphatic carbocycles. The Bertz CT molecular complexity index is 1340. The molecule has 1 saturated heterocycles. The van der Waals surface area contributed by atoms with Gasteiger partial charge in [0.1, 0.15) is 17.3 Å². The number of carbonyl (C=O) groups is 2. The van der Waals surface area contributed by atoms with E-state index in [2.05, 4.69) is 13.8 Å². The number of hydrogen-bond acceptors (Lipinski definition) is 5. The number of rotatable bonds is 9. The number of anilines is 1. The zero-order valence-electron chi connectivity index (χ0n) is 22.7. The van der Waals surface area contributed by atoms with E-state index in [0.717, 1.165) is 23.3 Å². The molecule has 4 rings (SSSR count). The molecule has 3 aromatic rings. The molecule has 1 atom stereocenters. The predicted octanol–water partition coefficient (Wildman–Crippen LogP) is 6.93. The van der Waals surface area contributed by atoms with Crippen LogP contribution < -0.4 is 14.4 Å². The third-order valence-corrected chi connectivity index (χ3v) is 6.70. The van der Waals surface area contributed by atoms with Crippen molar-refractivity contribution in [2.75, 3.05) is 18.1 Å². The van der Waals surface area contributed by atoms with Gasteiger partial charge >= 0.3 is 0 Å². The standard InChI is InChI=1S/C32H35NO5/c1-6-18-38-27-17-12-24(19-21(27)5)30(34)28-29(23-10-15-26(16-11-23)37-7-2)33(32(36)31(28)35)25-13-8-22(9-14-25)20(3)4/h8-17,19-20,29,34H,6-7,18H2,1-5H3/b30-28-. The van der Waals surface area contributed by atoms with Crippen LogP contribution in [0, 0.1) is 6.92 Å². The van der Waals surface area contributed by atoms with Crippen LogP contribution in [-0.4, -0.2) is 30.0 Å². The second kappa shape index (κ2) is 11.5. The van der Waals surface area contributed by atoms with Crippen molar-refractivity contribution in [3.63, 3.8) is 0 Å². The number of benzene rings is 3. The van der Waals surface area contributed by atoms with Gasteiger partial charge in [-0.25, -0.2) is 0 Å². The lowest BCUT2D eigenvalue weighted by molar-refractivity contribution is -0.132. The molecular formula is C32H35NO5. The molecule has 198 valence electrons. The third-order valence-electron chi connectivity index (χ3n) is 6.70. The van der Waals surface area contributed by atoms with E-state index in [1.807, 2.05) is 69.3 Å². The summed E-state index contributed by atoms with van der Waals surface area (Å²) in [5, 5.41) is 11.5. The molecule has 1 aliphatic heterocycles. The van der Waals surface area contributed by atoms with Gasteiger partial charge < -0.3 is 14.6 Å². The first-order valence-electron chi connectivity index (χ1n) is 13.1. The molecule has 1 aliphatic rings. The summed E-state index contributed by atoms with van der Waals surface area (Å²) in [6.07, 6.45) is 0.880. The number of carbonyl (C=O) groups excluding carboxylic acids is 2. The lowest BCUT2D eigenvalue weighted by atomic mass is 9.94. The molecule has 0 radical (unpaired) electrons. The Labute approximate surface area is 224 Å². The summed E-state index contributed by atoms with van der Waals surface area (Å²) in [7, 11) is 0. The van der Waals surface area contributed by atoms with Crippen molar-refractivity contribution in [1.29, 1.82) is 0 Å². The number of aryl methyl sites for hydroxylation is 1. The van der Waals surface area contributed by atoms with Crippen LogP contribution in [0.25, 0.3) is 5.76 Å². The highest BCUT2D eigenvalue weighted by Crippen LogP contribution is 2.43.